The summed E-state index contributed by atoms with van der Waals surface area (Å²) >= 11 is 5.86. The van der Waals surface area contributed by atoms with Gasteiger partial charge in [-0.05, 0) is 70.1 Å². The minimum absolute atomic E-state index is 0.0348. The van der Waals surface area contributed by atoms with Crippen LogP contribution in [0, 0.1) is 11.3 Å². The van der Waals surface area contributed by atoms with Crippen molar-refractivity contribution in [3.63, 3.8) is 0 Å². The van der Waals surface area contributed by atoms with Crippen LogP contribution in [0.1, 0.15) is 79.6 Å². The van der Waals surface area contributed by atoms with E-state index < -0.39 is 6.09 Å². The lowest BCUT2D eigenvalue weighted by Crippen LogP contribution is -2.57. The first kappa shape index (κ1) is 25.8. The Hall–Kier alpha value is -1.41. The van der Waals surface area contributed by atoms with Crippen molar-refractivity contribution >= 4 is 29.2 Å². The molecule has 31 heavy (non-hydrogen) atoms. The largest absolute Gasteiger partial charge is 0.447 e. The molecule has 2 aliphatic rings. The normalized spacial score (nSPS) is 25.3. The van der Waals surface area contributed by atoms with Gasteiger partial charge in [0.1, 0.15) is 11.0 Å². The molecular weight excluding hydrogens is 412 g/mol. The van der Waals surface area contributed by atoms with Gasteiger partial charge in [0.15, 0.2) is 0 Å². The molecule has 0 aromatic heterocycles. The van der Waals surface area contributed by atoms with Crippen molar-refractivity contribution < 1.29 is 14.3 Å². The van der Waals surface area contributed by atoms with Crippen LogP contribution in [0.15, 0.2) is 0 Å². The smallest absolute Gasteiger partial charge is 0.407 e. The second kappa shape index (κ2) is 11.5. The van der Waals surface area contributed by atoms with Gasteiger partial charge < -0.3 is 26.0 Å². The second-order valence-corrected chi connectivity index (χ2v) is 10.5. The fourth-order valence-electron chi connectivity index (χ4n) is 4.39. The molecular formula is C23H42N4O3S. The third-order valence-corrected chi connectivity index (χ3v) is 7.31. The molecule has 4 N–H and O–H groups in total. The number of hydrogen-bond donors (Lipinski definition) is 3. The lowest BCUT2D eigenvalue weighted by molar-refractivity contribution is -0.124. The maximum Gasteiger partial charge on any atom is 0.407 e. The molecule has 0 aromatic carbocycles. The highest BCUT2D eigenvalue weighted by Crippen LogP contribution is 2.30. The summed E-state index contributed by atoms with van der Waals surface area (Å²) in [5.74, 6) is 0.539. The number of nitrogens with zero attached hydrogens (tertiary/aromatic N) is 1. The Morgan fingerprint density at radius 2 is 1.84 bits per heavy atom. The van der Waals surface area contributed by atoms with Crippen LogP contribution in [0.4, 0.5) is 4.79 Å². The SMILES string of the molecule is CCC(C)(C)[C@H](NC(=O)OC(C)C)C(=S)N1CCC[C@H]1C(=O)NCC1CCC(N)CC1. The predicted molar refractivity (Wildman–Crippen MR) is 128 cm³/mol. The molecule has 0 unspecified atom stereocenters. The number of nitrogens with two attached hydrogens (primary N) is 1. The third kappa shape index (κ3) is 7.31. The first-order chi connectivity index (χ1) is 14.5. The van der Waals surface area contributed by atoms with Crippen LogP contribution in [-0.4, -0.2) is 59.2 Å². The maximum absolute atomic E-state index is 13.0. The lowest BCUT2D eigenvalue weighted by Gasteiger charge is -2.39. The monoisotopic (exact) mass is 454 g/mol. The standard InChI is InChI=1S/C23H42N4O3S/c1-6-23(4,5)19(26-22(29)30-15(2)3)21(31)27-13-7-8-18(27)20(28)25-14-16-9-11-17(24)12-10-16/h15-19H,6-14,24H2,1-5H3,(H,25,28)(H,26,29)/t16?,17?,18-,19+/m0/s1. The van der Waals surface area contributed by atoms with Crippen molar-refractivity contribution in [3.8, 4) is 0 Å². The van der Waals surface area contributed by atoms with Crippen LogP contribution < -0.4 is 16.4 Å². The lowest BCUT2D eigenvalue weighted by atomic mass is 9.81. The van der Waals surface area contributed by atoms with E-state index in [0.29, 0.717) is 23.5 Å². The Morgan fingerprint density at radius 1 is 1.19 bits per heavy atom. The average Bonchev–Trinajstić information content (AvgIpc) is 3.20. The van der Waals surface area contributed by atoms with Crippen molar-refractivity contribution in [1.82, 2.24) is 15.5 Å². The molecule has 1 heterocycles. The Labute approximate surface area is 193 Å². The van der Waals surface area contributed by atoms with Crippen molar-refractivity contribution in [2.45, 2.75) is 104 Å². The predicted octanol–water partition coefficient (Wildman–Crippen LogP) is 3.35. The zero-order valence-corrected chi connectivity index (χ0v) is 20.7. The summed E-state index contributed by atoms with van der Waals surface area (Å²) in [5.41, 5.74) is 5.73. The Bertz CT molecular complexity index is 632. The number of alkyl carbamates (subject to hydrolysis) is 1. The molecule has 0 radical (unpaired) electrons. The van der Waals surface area contributed by atoms with Gasteiger partial charge in [0.2, 0.25) is 5.91 Å². The highest BCUT2D eigenvalue weighted by atomic mass is 32.1. The van der Waals surface area contributed by atoms with Crippen molar-refractivity contribution in [2.24, 2.45) is 17.1 Å². The molecule has 0 spiro atoms. The van der Waals surface area contributed by atoms with Gasteiger partial charge in [0.25, 0.3) is 0 Å². The second-order valence-electron chi connectivity index (χ2n) is 10.1. The van der Waals surface area contributed by atoms with Crippen LogP contribution in [0.25, 0.3) is 0 Å². The highest BCUT2D eigenvalue weighted by Gasteiger charge is 2.40. The minimum atomic E-state index is -0.473. The van der Waals surface area contributed by atoms with Crippen LogP contribution in [0.2, 0.25) is 0 Å². The number of amides is 2. The van der Waals surface area contributed by atoms with Crippen LogP contribution in [0.3, 0.4) is 0 Å². The van der Waals surface area contributed by atoms with E-state index in [2.05, 4.69) is 31.4 Å². The topological polar surface area (TPSA) is 96.7 Å². The van der Waals surface area contributed by atoms with E-state index in [0.717, 1.165) is 51.5 Å². The van der Waals surface area contributed by atoms with Crippen molar-refractivity contribution in [2.75, 3.05) is 13.1 Å². The van der Waals surface area contributed by atoms with Crippen LogP contribution in [0.5, 0.6) is 0 Å². The summed E-state index contributed by atoms with van der Waals surface area (Å²) in [7, 11) is 0. The summed E-state index contributed by atoms with van der Waals surface area (Å²) in [6.07, 6.45) is 6.04. The number of hydrogen-bond acceptors (Lipinski definition) is 5. The highest BCUT2D eigenvalue weighted by molar-refractivity contribution is 7.80. The van der Waals surface area contributed by atoms with E-state index in [-0.39, 0.29) is 29.5 Å². The van der Waals surface area contributed by atoms with E-state index >= 15 is 0 Å². The molecule has 178 valence electrons. The first-order valence-electron chi connectivity index (χ1n) is 11.9. The molecule has 1 aliphatic heterocycles. The van der Waals surface area contributed by atoms with Gasteiger partial charge in [-0.25, -0.2) is 4.79 Å². The summed E-state index contributed by atoms with van der Waals surface area (Å²) in [4.78, 5) is 28.0. The van der Waals surface area contributed by atoms with Gasteiger partial charge in [-0.15, -0.1) is 0 Å². The Balaban J connectivity index is 2.03. The third-order valence-electron chi connectivity index (χ3n) is 6.84. The van der Waals surface area contributed by atoms with Gasteiger partial charge in [0, 0.05) is 19.1 Å². The average molecular weight is 455 g/mol. The molecule has 2 rings (SSSR count). The molecule has 1 aliphatic carbocycles. The minimum Gasteiger partial charge on any atom is -0.447 e. The summed E-state index contributed by atoms with van der Waals surface area (Å²) in [6.45, 7) is 11.3. The quantitative estimate of drug-likeness (QED) is 0.487. The molecule has 0 bridgehead atoms. The van der Waals surface area contributed by atoms with Gasteiger partial charge in [-0.1, -0.05) is 33.0 Å². The summed E-state index contributed by atoms with van der Waals surface area (Å²) in [5, 5.41) is 6.14. The van der Waals surface area contributed by atoms with Gasteiger partial charge in [-0.2, -0.15) is 0 Å². The number of thiocarbonyl (C=S) groups is 1. The van der Waals surface area contributed by atoms with Crippen LogP contribution in [-0.2, 0) is 9.53 Å². The van der Waals surface area contributed by atoms with Crippen LogP contribution >= 0.6 is 12.2 Å². The van der Waals surface area contributed by atoms with E-state index in [9.17, 15) is 9.59 Å². The van der Waals surface area contributed by atoms with Gasteiger partial charge >= 0.3 is 6.09 Å². The van der Waals surface area contributed by atoms with Gasteiger partial charge in [0.05, 0.1) is 12.1 Å². The van der Waals surface area contributed by atoms with E-state index in [1.165, 1.54) is 0 Å². The number of nitrogens with one attached hydrogen (secondary N) is 2. The fourth-order valence-corrected chi connectivity index (χ4v) is 4.98. The van der Waals surface area contributed by atoms with E-state index in [1.54, 1.807) is 0 Å². The molecule has 2 amide bonds. The molecule has 0 aromatic rings. The fraction of sp³-hybridized carbons (Fsp3) is 0.870. The number of likely N-dealkylation sites (tertiary alicyclic amines) is 1. The number of ether oxygens (including phenoxy) is 1. The Kier molecular flexibility index (Phi) is 9.55. The van der Waals surface area contributed by atoms with Crippen molar-refractivity contribution in [1.29, 1.82) is 0 Å². The van der Waals surface area contributed by atoms with E-state index in [4.69, 9.17) is 22.7 Å². The number of carbonyl (C=O) groups excluding carboxylic acids is 2. The van der Waals surface area contributed by atoms with Crippen molar-refractivity contribution in [3.05, 3.63) is 0 Å². The molecule has 1 saturated carbocycles. The molecule has 8 heteroatoms. The molecule has 2 atom stereocenters. The number of rotatable bonds is 8. The zero-order valence-electron chi connectivity index (χ0n) is 19.9. The molecule has 2 fully saturated rings. The van der Waals surface area contributed by atoms with E-state index in [1.807, 2.05) is 18.7 Å². The molecule has 1 saturated heterocycles. The Morgan fingerprint density at radius 3 is 2.42 bits per heavy atom. The number of carbonyl (C=O) groups is 2. The molecule has 7 nitrogen and oxygen atoms in total. The van der Waals surface area contributed by atoms with Gasteiger partial charge in [-0.3, -0.25) is 4.79 Å². The maximum atomic E-state index is 13.0. The zero-order chi connectivity index (χ0) is 23.2. The first-order valence-corrected chi connectivity index (χ1v) is 12.3. The summed E-state index contributed by atoms with van der Waals surface area (Å²) < 4.78 is 5.30. The summed E-state index contributed by atoms with van der Waals surface area (Å²) in [6, 6.07) is -0.355.